The second-order valence-corrected chi connectivity index (χ2v) is 12.2. The summed E-state index contributed by atoms with van der Waals surface area (Å²) in [7, 11) is 0. The number of halogens is 2. The number of ether oxygens (including phenoxy) is 3. The summed E-state index contributed by atoms with van der Waals surface area (Å²) in [6, 6.07) is 14.5. The molecule has 1 saturated carbocycles. The average molecular weight is 599 g/mol. The number of rotatable bonds is 7. The van der Waals surface area contributed by atoms with Crippen LogP contribution in [0.25, 0.3) is 11.0 Å². The van der Waals surface area contributed by atoms with Crippen molar-refractivity contribution in [3.8, 4) is 17.6 Å². The average Bonchev–Trinajstić information content (AvgIpc) is 3.26. The van der Waals surface area contributed by atoms with Crippen molar-refractivity contribution in [1.82, 2.24) is 14.5 Å². The molecule has 1 aliphatic carbocycles. The van der Waals surface area contributed by atoms with E-state index in [1.54, 1.807) is 13.0 Å². The first-order valence-electron chi connectivity index (χ1n) is 14.7. The molecule has 0 spiro atoms. The van der Waals surface area contributed by atoms with Crippen molar-refractivity contribution in [2.24, 2.45) is 11.8 Å². The highest BCUT2D eigenvalue weighted by atomic mass is 19.1. The molecule has 0 radical (unpaired) electrons. The number of benzene rings is 3. The number of aromatic nitrogens is 2. The zero-order valence-electron chi connectivity index (χ0n) is 23.8. The van der Waals surface area contributed by atoms with Crippen molar-refractivity contribution in [2.45, 2.75) is 44.2 Å². The van der Waals surface area contributed by atoms with Crippen LogP contribution in [0.15, 0.2) is 48.5 Å². The normalized spacial score (nSPS) is 26.8. The molecule has 11 heteroatoms. The molecule has 1 unspecified atom stereocenters. The first-order chi connectivity index (χ1) is 21.2. The first-order valence-corrected chi connectivity index (χ1v) is 14.7. The Balaban J connectivity index is 1.01. The van der Waals surface area contributed by atoms with Gasteiger partial charge in [-0.05, 0) is 60.6 Å². The van der Waals surface area contributed by atoms with Crippen LogP contribution in [0.4, 0.5) is 8.78 Å². The minimum Gasteiger partial charge on any atom is -0.478 e. The van der Waals surface area contributed by atoms with Gasteiger partial charge in [-0.15, -0.1) is 0 Å². The molecule has 1 N–H and O–H groups in total. The van der Waals surface area contributed by atoms with Gasteiger partial charge in [-0.2, -0.15) is 5.26 Å². The lowest BCUT2D eigenvalue weighted by Gasteiger charge is -2.28. The second-order valence-electron chi connectivity index (χ2n) is 12.2. The minimum atomic E-state index is -1.36. The van der Waals surface area contributed by atoms with E-state index in [4.69, 9.17) is 19.5 Å². The summed E-state index contributed by atoms with van der Waals surface area (Å²) in [6.45, 7) is 4.98. The van der Waals surface area contributed by atoms with Crippen LogP contribution in [0.5, 0.6) is 11.5 Å². The van der Waals surface area contributed by atoms with E-state index >= 15 is 0 Å². The van der Waals surface area contributed by atoms with Crippen LogP contribution in [0.3, 0.4) is 0 Å². The number of nitrogens with zero attached hydrogens (tertiary/aromatic N) is 4. The second kappa shape index (κ2) is 9.74. The molecule has 2 saturated heterocycles. The number of hydrogen-bond donors (Lipinski definition) is 1. The van der Waals surface area contributed by atoms with Gasteiger partial charge in [0.05, 0.1) is 47.5 Å². The standard InChI is InChI=1S/C33H28F2N4O5/c1-33(23-6-5-17(12-36)9-24(23)34)43-27-4-2-3-20(31(27)44-33)29-21-14-38(15-22(21)29)16-28-37-30-25(35)10-18(32(40)41)11-26(30)39(28)13-19-7-8-42-19/h2-6,9-11,19,21-22,29H,7-8,13-16H2,1H3,(H,40,41)/t19-,21-,22+,29?,33+/m0/s1. The van der Waals surface area contributed by atoms with Crippen LogP contribution >= 0.6 is 0 Å². The van der Waals surface area contributed by atoms with Crippen molar-refractivity contribution in [1.29, 1.82) is 5.26 Å². The number of carboxylic acids is 1. The summed E-state index contributed by atoms with van der Waals surface area (Å²) >= 11 is 0. The Morgan fingerprint density at radius 3 is 2.61 bits per heavy atom. The van der Waals surface area contributed by atoms with E-state index in [9.17, 15) is 18.7 Å². The van der Waals surface area contributed by atoms with Gasteiger partial charge in [0.15, 0.2) is 17.3 Å². The fourth-order valence-electron chi connectivity index (χ4n) is 7.19. The Morgan fingerprint density at radius 1 is 1.14 bits per heavy atom. The third-order valence-electron chi connectivity index (χ3n) is 9.51. The van der Waals surface area contributed by atoms with Gasteiger partial charge < -0.3 is 23.9 Å². The molecule has 4 aliphatic rings. The topological polar surface area (TPSA) is 110 Å². The summed E-state index contributed by atoms with van der Waals surface area (Å²) in [4.78, 5) is 18.5. The van der Waals surface area contributed by atoms with E-state index in [1.807, 2.05) is 28.8 Å². The zero-order valence-corrected chi connectivity index (χ0v) is 23.8. The third-order valence-corrected chi connectivity index (χ3v) is 9.51. The molecule has 4 aromatic rings. The first kappa shape index (κ1) is 27.0. The summed E-state index contributed by atoms with van der Waals surface area (Å²) in [5.74, 6) is -0.857. The molecule has 3 aliphatic heterocycles. The maximum Gasteiger partial charge on any atom is 0.335 e. The van der Waals surface area contributed by atoms with E-state index in [1.165, 1.54) is 18.2 Å². The van der Waals surface area contributed by atoms with Crippen molar-refractivity contribution >= 4 is 17.0 Å². The zero-order chi connectivity index (χ0) is 30.3. The largest absolute Gasteiger partial charge is 0.478 e. The fourth-order valence-corrected chi connectivity index (χ4v) is 7.19. The van der Waals surface area contributed by atoms with Gasteiger partial charge >= 0.3 is 5.97 Å². The number of aromatic carboxylic acids is 1. The monoisotopic (exact) mass is 598 g/mol. The molecule has 44 heavy (non-hydrogen) atoms. The molecular weight excluding hydrogens is 570 g/mol. The molecule has 1 aromatic heterocycles. The van der Waals surface area contributed by atoms with Gasteiger partial charge in [0.25, 0.3) is 5.79 Å². The van der Waals surface area contributed by atoms with Gasteiger partial charge in [-0.25, -0.2) is 18.6 Å². The Hall–Kier alpha value is -4.53. The summed E-state index contributed by atoms with van der Waals surface area (Å²) in [6.07, 6.45) is 0.879. The number of para-hydroxylation sites is 1. The van der Waals surface area contributed by atoms with Crippen molar-refractivity contribution in [3.63, 3.8) is 0 Å². The Morgan fingerprint density at radius 2 is 1.93 bits per heavy atom. The molecule has 0 bridgehead atoms. The number of piperidine rings is 1. The van der Waals surface area contributed by atoms with Crippen molar-refractivity contribution < 1.29 is 32.9 Å². The fraction of sp³-hybridized carbons (Fsp3) is 0.364. The third kappa shape index (κ3) is 4.24. The van der Waals surface area contributed by atoms with Gasteiger partial charge in [0.1, 0.15) is 17.2 Å². The number of hydrogen-bond acceptors (Lipinski definition) is 7. The number of fused-ring (bicyclic) bond motifs is 3. The van der Waals surface area contributed by atoms with Gasteiger partial charge in [-0.3, -0.25) is 4.90 Å². The minimum absolute atomic E-state index is 0.00936. The van der Waals surface area contributed by atoms with Gasteiger partial charge in [-0.1, -0.05) is 12.1 Å². The summed E-state index contributed by atoms with van der Waals surface area (Å²) in [5.41, 5.74) is 2.01. The quantitative estimate of drug-likeness (QED) is 0.311. The highest BCUT2D eigenvalue weighted by Crippen LogP contribution is 2.62. The smallest absolute Gasteiger partial charge is 0.335 e. The Bertz CT molecular complexity index is 1890. The van der Waals surface area contributed by atoms with Crippen LogP contribution < -0.4 is 9.47 Å². The molecule has 4 heterocycles. The predicted octanol–water partition coefficient (Wildman–Crippen LogP) is 5.16. The maximum atomic E-state index is 14.9. The maximum absolute atomic E-state index is 14.9. The van der Waals surface area contributed by atoms with E-state index in [2.05, 4.69) is 9.88 Å². The lowest BCUT2D eigenvalue weighted by atomic mass is 10.0. The molecule has 224 valence electrons. The Labute approximate surface area is 251 Å². The van der Waals surface area contributed by atoms with Crippen LogP contribution in [0, 0.1) is 34.8 Å². The van der Waals surface area contributed by atoms with Gasteiger partial charge in [0.2, 0.25) is 0 Å². The van der Waals surface area contributed by atoms with Crippen molar-refractivity contribution in [2.75, 3.05) is 19.7 Å². The van der Waals surface area contributed by atoms with Crippen LogP contribution in [-0.4, -0.2) is 51.3 Å². The number of carboxylic acid groups (broad SMARTS) is 1. The van der Waals surface area contributed by atoms with E-state index in [0.717, 1.165) is 31.1 Å². The molecule has 3 aromatic carbocycles. The van der Waals surface area contributed by atoms with Crippen molar-refractivity contribution in [3.05, 3.63) is 88.2 Å². The lowest BCUT2D eigenvalue weighted by molar-refractivity contribution is -0.0710. The number of likely N-dealkylation sites (tertiary alicyclic amines) is 1. The number of nitriles is 1. The molecule has 5 atom stereocenters. The van der Waals surface area contributed by atoms with E-state index < -0.39 is 23.4 Å². The summed E-state index contributed by atoms with van der Waals surface area (Å²) in [5, 5.41) is 18.6. The SMILES string of the molecule is C[C@@]1(c2ccc(C#N)cc2F)Oc2cccc(C3[C@H]4CN(Cc5nc6c(F)cc(C(=O)O)cc6n5C[C@@H]5CCO5)C[C@@H]34)c2O1. The Kier molecular flexibility index (Phi) is 5.99. The molecule has 9 nitrogen and oxygen atoms in total. The predicted molar refractivity (Wildman–Crippen MR) is 152 cm³/mol. The van der Waals surface area contributed by atoms with Crippen LogP contribution in [-0.2, 0) is 23.6 Å². The molecule has 0 amide bonds. The molecule has 8 rings (SSSR count). The number of carbonyl (C=O) groups is 1. The van der Waals surface area contributed by atoms with E-state index in [-0.39, 0.29) is 34.2 Å². The molecule has 3 fully saturated rings. The number of imidazole rings is 1. The van der Waals surface area contributed by atoms with E-state index in [0.29, 0.717) is 54.4 Å². The highest BCUT2D eigenvalue weighted by molar-refractivity contribution is 5.92. The highest BCUT2D eigenvalue weighted by Gasteiger charge is 2.58. The molecular formula is C33H28F2N4O5. The van der Waals surface area contributed by atoms with Crippen LogP contribution in [0.1, 0.15) is 52.1 Å². The van der Waals surface area contributed by atoms with Gasteiger partial charge in [0, 0.05) is 32.2 Å². The summed E-state index contributed by atoms with van der Waals surface area (Å²) < 4.78 is 49.9. The van der Waals surface area contributed by atoms with Crippen LogP contribution in [0.2, 0.25) is 0 Å². The lowest BCUT2D eigenvalue weighted by Crippen LogP contribution is -2.33.